The molecule has 2 aliphatic heterocycles. The van der Waals surface area contributed by atoms with Crippen LogP contribution in [0.25, 0.3) is 11.2 Å². The van der Waals surface area contributed by atoms with Gasteiger partial charge < -0.3 is 15.2 Å². The van der Waals surface area contributed by atoms with Crippen molar-refractivity contribution >= 4 is 24.9 Å². The third-order valence-corrected chi connectivity index (χ3v) is 7.03. The number of phosphoric ester groups is 1. The van der Waals surface area contributed by atoms with Crippen molar-refractivity contribution in [3.8, 4) is 5.88 Å². The van der Waals surface area contributed by atoms with Crippen molar-refractivity contribution < 1.29 is 36.4 Å². The molecule has 14 heteroatoms. The lowest BCUT2D eigenvalue weighted by Gasteiger charge is -2.29. The standard InChI is InChI=1S/C16H20F2N5O6P/c1-5-25-10-8-9(21-13(19)22-10)23(6-20-8)12-14(4,17)15-11(16(15,18)26-12)28-30(24,29-15)27-7(2)3/h6-7,11-12H,5H2,1-4H3,(H2,19,21,22)/t11?,12-,14+,15+,16-,30-/m1/s1. The number of imidazole rings is 1. The second-order valence-electron chi connectivity index (χ2n) is 7.75. The molecule has 3 fully saturated rings. The Morgan fingerprint density at radius 1 is 1.40 bits per heavy atom. The topological polar surface area (TPSA) is 133 Å². The summed E-state index contributed by atoms with van der Waals surface area (Å²) in [7, 11) is -4.16. The Morgan fingerprint density at radius 3 is 2.80 bits per heavy atom. The first kappa shape index (κ1) is 20.0. The molecule has 5 rings (SSSR count). The van der Waals surface area contributed by atoms with E-state index in [1.54, 1.807) is 20.8 Å². The SMILES string of the molecule is CCOc1nc(N)nc2c1ncn2[C@@H]1O[C@]2(F)C3O[P@@](=O)(OC(C)C)O[C@]32[C@@]1(C)F. The number of alkyl halides is 2. The molecule has 2 aromatic rings. The molecule has 0 amide bonds. The number of hydrogen-bond acceptors (Lipinski definition) is 10. The quantitative estimate of drug-likeness (QED) is 0.681. The van der Waals surface area contributed by atoms with Gasteiger partial charge in [0.05, 0.1) is 19.0 Å². The first-order valence-corrected chi connectivity index (χ1v) is 10.8. The van der Waals surface area contributed by atoms with Gasteiger partial charge in [-0.2, -0.15) is 9.97 Å². The van der Waals surface area contributed by atoms with E-state index in [-0.39, 0.29) is 29.6 Å². The maximum Gasteiger partial charge on any atom is 0.476 e. The monoisotopic (exact) mass is 447 g/mol. The Labute approximate surface area is 169 Å². The van der Waals surface area contributed by atoms with Gasteiger partial charge in [-0.1, -0.05) is 0 Å². The highest BCUT2D eigenvalue weighted by Gasteiger charge is 3.01. The molecule has 4 heterocycles. The van der Waals surface area contributed by atoms with Crippen molar-refractivity contribution in [2.75, 3.05) is 12.3 Å². The predicted molar refractivity (Wildman–Crippen MR) is 96.9 cm³/mol. The number of ether oxygens (including phenoxy) is 2. The Morgan fingerprint density at radius 2 is 2.13 bits per heavy atom. The van der Waals surface area contributed by atoms with Gasteiger partial charge in [-0.15, -0.1) is 0 Å². The van der Waals surface area contributed by atoms with E-state index in [9.17, 15) is 4.57 Å². The molecule has 6 atom stereocenters. The van der Waals surface area contributed by atoms with Crippen molar-refractivity contribution in [2.45, 2.75) is 63.3 Å². The van der Waals surface area contributed by atoms with E-state index in [2.05, 4.69) is 15.0 Å². The fourth-order valence-corrected chi connectivity index (χ4v) is 6.11. The van der Waals surface area contributed by atoms with Crippen LogP contribution in [-0.4, -0.2) is 55.5 Å². The molecule has 2 N–H and O–H groups in total. The van der Waals surface area contributed by atoms with Crippen LogP contribution in [0.1, 0.15) is 33.9 Å². The lowest BCUT2D eigenvalue weighted by atomic mass is 9.97. The lowest BCUT2D eigenvalue weighted by molar-refractivity contribution is -0.155. The molecular formula is C16H20F2N5O6P. The van der Waals surface area contributed by atoms with E-state index in [1.165, 1.54) is 10.9 Å². The normalized spacial score (nSPS) is 42.0. The van der Waals surface area contributed by atoms with Crippen LogP contribution < -0.4 is 10.5 Å². The van der Waals surface area contributed by atoms with E-state index in [1.807, 2.05) is 0 Å². The smallest absolute Gasteiger partial charge is 0.476 e. The first-order valence-electron chi connectivity index (χ1n) is 9.35. The van der Waals surface area contributed by atoms with Gasteiger partial charge in [-0.3, -0.25) is 18.1 Å². The van der Waals surface area contributed by atoms with E-state index in [0.29, 0.717) is 0 Å². The van der Waals surface area contributed by atoms with Gasteiger partial charge in [0.25, 0.3) is 5.85 Å². The number of anilines is 1. The summed E-state index contributed by atoms with van der Waals surface area (Å²) in [5.41, 5.74) is 1.22. The highest BCUT2D eigenvalue weighted by Crippen LogP contribution is 2.83. The zero-order valence-electron chi connectivity index (χ0n) is 16.5. The summed E-state index contributed by atoms with van der Waals surface area (Å²) >= 11 is 0. The van der Waals surface area contributed by atoms with Gasteiger partial charge in [-0.25, -0.2) is 18.3 Å². The van der Waals surface area contributed by atoms with E-state index < -0.39 is 43.4 Å². The Balaban J connectivity index is 1.56. The van der Waals surface area contributed by atoms with Crippen LogP contribution in [0.3, 0.4) is 0 Å². The highest BCUT2D eigenvalue weighted by atomic mass is 31.2. The highest BCUT2D eigenvalue weighted by molar-refractivity contribution is 7.49. The lowest BCUT2D eigenvalue weighted by Crippen LogP contribution is -2.44. The van der Waals surface area contributed by atoms with E-state index in [4.69, 9.17) is 28.8 Å². The molecule has 0 radical (unpaired) electrons. The molecule has 2 saturated heterocycles. The van der Waals surface area contributed by atoms with Crippen molar-refractivity contribution in [3.63, 3.8) is 0 Å². The van der Waals surface area contributed by atoms with Gasteiger partial charge in [0.2, 0.25) is 17.4 Å². The van der Waals surface area contributed by atoms with E-state index >= 15 is 8.78 Å². The van der Waals surface area contributed by atoms with Crippen LogP contribution in [0, 0.1) is 0 Å². The minimum absolute atomic E-state index is 0.0817. The summed E-state index contributed by atoms with van der Waals surface area (Å²) in [5, 5.41) is 0. The molecule has 11 nitrogen and oxygen atoms in total. The molecule has 2 aromatic heterocycles. The third kappa shape index (κ3) is 2.27. The van der Waals surface area contributed by atoms with Crippen LogP contribution in [0.5, 0.6) is 5.88 Å². The van der Waals surface area contributed by atoms with Crippen molar-refractivity contribution in [3.05, 3.63) is 6.33 Å². The van der Waals surface area contributed by atoms with Crippen molar-refractivity contribution in [2.24, 2.45) is 0 Å². The second kappa shape index (κ2) is 5.86. The number of hydrogen-bond donors (Lipinski definition) is 1. The maximum absolute atomic E-state index is 16.1. The van der Waals surface area contributed by atoms with Crippen LogP contribution >= 0.6 is 7.82 Å². The number of rotatable bonds is 5. The van der Waals surface area contributed by atoms with Crippen LogP contribution in [-0.2, 0) is 22.9 Å². The number of phosphoric acid groups is 1. The summed E-state index contributed by atoms with van der Waals surface area (Å²) < 4.78 is 71.8. The Kier molecular flexibility index (Phi) is 3.91. The molecule has 0 bridgehead atoms. The summed E-state index contributed by atoms with van der Waals surface area (Å²) in [6.07, 6.45) is -2.43. The van der Waals surface area contributed by atoms with Gasteiger partial charge >= 0.3 is 7.82 Å². The van der Waals surface area contributed by atoms with Crippen LogP contribution in [0.4, 0.5) is 14.7 Å². The minimum Gasteiger partial charge on any atom is -0.476 e. The number of fused-ring (bicyclic) bond motifs is 2. The van der Waals surface area contributed by atoms with Gasteiger partial charge in [0.1, 0.15) is 0 Å². The molecule has 30 heavy (non-hydrogen) atoms. The number of nitrogen functional groups attached to an aromatic ring is 1. The zero-order valence-corrected chi connectivity index (χ0v) is 17.4. The Hall–Kier alpha value is -1.92. The number of nitrogens with zero attached hydrogens (tertiary/aromatic N) is 4. The number of aromatic nitrogens is 4. The molecule has 0 aromatic carbocycles. The summed E-state index contributed by atoms with van der Waals surface area (Å²) in [5.74, 6) is -2.70. The second-order valence-corrected chi connectivity index (χ2v) is 9.25. The zero-order chi connectivity index (χ0) is 21.7. The number of halogens is 2. The maximum atomic E-state index is 16.1. The first-order chi connectivity index (χ1) is 14.0. The molecule has 1 unspecified atom stereocenters. The molecule has 164 valence electrons. The predicted octanol–water partition coefficient (Wildman–Crippen LogP) is 2.43. The van der Waals surface area contributed by atoms with Crippen molar-refractivity contribution in [1.82, 2.24) is 19.5 Å². The summed E-state index contributed by atoms with van der Waals surface area (Å²) in [6, 6.07) is 0. The van der Waals surface area contributed by atoms with Gasteiger partial charge in [-0.05, 0) is 27.7 Å². The fraction of sp³-hybridized carbons (Fsp3) is 0.688. The van der Waals surface area contributed by atoms with Crippen LogP contribution in [0.2, 0.25) is 0 Å². The molecule has 3 aliphatic rings. The van der Waals surface area contributed by atoms with Crippen molar-refractivity contribution in [1.29, 1.82) is 0 Å². The molecule has 1 saturated carbocycles. The average Bonchev–Trinajstić information content (AvgIpc) is 3.00. The third-order valence-electron chi connectivity index (χ3n) is 5.37. The van der Waals surface area contributed by atoms with E-state index in [0.717, 1.165) is 6.92 Å². The van der Waals surface area contributed by atoms with Crippen LogP contribution in [0.15, 0.2) is 6.33 Å². The molecule has 1 aliphatic carbocycles. The molecule has 1 spiro atoms. The van der Waals surface area contributed by atoms with Gasteiger partial charge in [0.15, 0.2) is 29.2 Å². The summed E-state index contributed by atoms with van der Waals surface area (Å²) in [6.45, 7) is 6.30. The Bertz CT molecular complexity index is 1100. The number of nitrogens with two attached hydrogens (primary N) is 1. The summed E-state index contributed by atoms with van der Waals surface area (Å²) in [4.78, 5) is 12.2. The largest absolute Gasteiger partial charge is 0.476 e. The molecular weight excluding hydrogens is 427 g/mol. The van der Waals surface area contributed by atoms with Gasteiger partial charge in [0, 0.05) is 0 Å². The average molecular weight is 447 g/mol. The minimum atomic E-state index is -4.16. The fourth-order valence-electron chi connectivity index (χ4n) is 4.16.